The zero-order valence-corrected chi connectivity index (χ0v) is 19.3. The van der Waals surface area contributed by atoms with Gasteiger partial charge in [0.2, 0.25) is 0 Å². The van der Waals surface area contributed by atoms with E-state index in [2.05, 4.69) is 4.98 Å². The molecule has 1 fully saturated rings. The van der Waals surface area contributed by atoms with Crippen molar-refractivity contribution in [2.75, 3.05) is 31.1 Å². The van der Waals surface area contributed by atoms with Gasteiger partial charge in [-0.1, -0.05) is 12.1 Å². The quantitative estimate of drug-likeness (QED) is 0.438. The molecular weight excluding hydrogens is 445 g/mol. The molecule has 0 N–H and O–H groups in total. The van der Waals surface area contributed by atoms with Crippen LogP contribution in [0, 0.1) is 24.1 Å². The van der Waals surface area contributed by atoms with Crippen LogP contribution in [0.15, 0.2) is 67.0 Å². The Morgan fingerprint density at radius 1 is 1.09 bits per heavy atom. The van der Waals surface area contributed by atoms with Crippen LogP contribution in [0.1, 0.15) is 27.2 Å². The molecule has 3 heterocycles. The third kappa shape index (κ3) is 4.53. The van der Waals surface area contributed by atoms with Gasteiger partial charge in [0.25, 0.3) is 5.91 Å². The number of pyridine rings is 1. The number of hydrogen-bond acceptors (Lipinski definition) is 5. The highest BCUT2D eigenvalue weighted by Gasteiger charge is 2.24. The number of aromatic nitrogens is 2. The van der Waals surface area contributed by atoms with E-state index in [0.717, 1.165) is 16.9 Å². The first kappa shape index (κ1) is 22.4. The molecule has 2 aromatic carbocycles. The van der Waals surface area contributed by atoms with E-state index in [1.54, 1.807) is 41.3 Å². The predicted molar refractivity (Wildman–Crippen MR) is 130 cm³/mol. The van der Waals surface area contributed by atoms with Gasteiger partial charge in [0.05, 0.1) is 11.4 Å². The second-order valence-corrected chi connectivity index (χ2v) is 8.49. The molecule has 1 saturated heterocycles. The number of anilines is 1. The molecule has 35 heavy (non-hydrogen) atoms. The van der Waals surface area contributed by atoms with E-state index in [1.807, 2.05) is 46.8 Å². The standard InChI is InChI=1S/C27H24FN5O2/c1-19-4-3-11-33-17-21(30-26(19)33)18-35-22-9-7-20(8-10-22)27(34)32-14-12-31(13-15-32)25-6-2-5-24(28)23(25)16-29/h2-11,17H,12-15,18H2,1H3. The van der Waals surface area contributed by atoms with Crippen LogP contribution in [0.2, 0.25) is 0 Å². The summed E-state index contributed by atoms with van der Waals surface area (Å²) in [5, 5.41) is 9.29. The highest BCUT2D eigenvalue weighted by atomic mass is 19.1. The molecule has 176 valence electrons. The second kappa shape index (κ2) is 9.47. The normalized spacial score (nSPS) is 13.6. The Balaban J connectivity index is 1.18. The number of imidazole rings is 1. The summed E-state index contributed by atoms with van der Waals surface area (Å²) in [6.07, 6.45) is 3.91. The van der Waals surface area contributed by atoms with Crippen molar-refractivity contribution in [3.05, 3.63) is 95.2 Å². The van der Waals surface area contributed by atoms with Gasteiger partial charge in [0, 0.05) is 44.1 Å². The SMILES string of the molecule is Cc1cccn2cc(COc3ccc(C(=O)N4CCN(c5cccc(F)c5C#N)CC4)cc3)nc12. The molecule has 0 radical (unpaired) electrons. The maximum Gasteiger partial charge on any atom is 0.253 e. The molecule has 0 saturated carbocycles. The summed E-state index contributed by atoms with van der Waals surface area (Å²) in [7, 11) is 0. The first-order valence-corrected chi connectivity index (χ1v) is 11.4. The van der Waals surface area contributed by atoms with Crippen molar-refractivity contribution in [1.29, 1.82) is 5.26 Å². The Bertz CT molecular complexity index is 1420. The lowest BCUT2D eigenvalue weighted by Crippen LogP contribution is -2.49. The maximum atomic E-state index is 14.0. The van der Waals surface area contributed by atoms with E-state index in [1.165, 1.54) is 6.07 Å². The van der Waals surface area contributed by atoms with E-state index in [9.17, 15) is 14.4 Å². The van der Waals surface area contributed by atoms with Gasteiger partial charge >= 0.3 is 0 Å². The Morgan fingerprint density at radius 3 is 2.57 bits per heavy atom. The highest BCUT2D eigenvalue weighted by Crippen LogP contribution is 2.24. The fourth-order valence-electron chi connectivity index (χ4n) is 4.34. The van der Waals surface area contributed by atoms with Crippen molar-refractivity contribution in [1.82, 2.24) is 14.3 Å². The fraction of sp³-hybridized carbons (Fsp3) is 0.222. The monoisotopic (exact) mass is 469 g/mol. The first-order chi connectivity index (χ1) is 17.0. The third-order valence-corrected chi connectivity index (χ3v) is 6.23. The van der Waals surface area contributed by atoms with Crippen LogP contribution in [0.3, 0.4) is 0 Å². The summed E-state index contributed by atoms with van der Waals surface area (Å²) < 4.78 is 21.8. The minimum atomic E-state index is -0.526. The summed E-state index contributed by atoms with van der Waals surface area (Å²) >= 11 is 0. The first-order valence-electron chi connectivity index (χ1n) is 11.4. The second-order valence-electron chi connectivity index (χ2n) is 8.49. The number of amides is 1. The van der Waals surface area contributed by atoms with E-state index >= 15 is 0 Å². The van der Waals surface area contributed by atoms with Crippen molar-refractivity contribution in [2.24, 2.45) is 0 Å². The van der Waals surface area contributed by atoms with Crippen LogP contribution < -0.4 is 9.64 Å². The van der Waals surface area contributed by atoms with E-state index in [0.29, 0.717) is 49.8 Å². The van der Waals surface area contributed by atoms with Gasteiger partial charge in [-0.3, -0.25) is 4.79 Å². The van der Waals surface area contributed by atoms with Crippen LogP contribution in [-0.4, -0.2) is 46.4 Å². The molecule has 2 aromatic heterocycles. The van der Waals surface area contributed by atoms with E-state index < -0.39 is 5.82 Å². The van der Waals surface area contributed by atoms with Crippen molar-refractivity contribution < 1.29 is 13.9 Å². The topological polar surface area (TPSA) is 73.9 Å². The summed E-state index contributed by atoms with van der Waals surface area (Å²) in [5.74, 6) is 0.0733. The number of hydrogen-bond donors (Lipinski definition) is 0. The highest BCUT2D eigenvalue weighted by molar-refractivity contribution is 5.94. The van der Waals surface area contributed by atoms with Crippen LogP contribution in [-0.2, 0) is 6.61 Å². The van der Waals surface area contributed by atoms with Crippen LogP contribution in [0.4, 0.5) is 10.1 Å². The molecule has 1 amide bonds. The lowest BCUT2D eigenvalue weighted by atomic mass is 10.1. The molecule has 8 heteroatoms. The number of ether oxygens (including phenoxy) is 1. The van der Waals surface area contributed by atoms with Crippen LogP contribution >= 0.6 is 0 Å². The molecule has 7 nitrogen and oxygen atoms in total. The Morgan fingerprint density at radius 2 is 1.86 bits per heavy atom. The number of piperazine rings is 1. The molecule has 0 aliphatic carbocycles. The van der Waals surface area contributed by atoms with Crippen LogP contribution in [0.5, 0.6) is 5.75 Å². The molecule has 0 atom stereocenters. The number of halogens is 1. The Kier molecular flexibility index (Phi) is 6.06. The summed E-state index contributed by atoms with van der Waals surface area (Å²) in [4.78, 5) is 21.3. The average Bonchev–Trinajstić information content (AvgIpc) is 3.32. The average molecular weight is 470 g/mol. The zero-order chi connectivity index (χ0) is 24.4. The number of nitriles is 1. The molecule has 4 aromatic rings. The van der Waals surface area contributed by atoms with Crippen LogP contribution in [0.25, 0.3) is 5.65 Å². The minimum Gasteiger partial charge on any atom is -0.487 e. The van der Waals surface area contributed by atoms with Gasteiger partial charge in [0.1, 0.15) is 35.5 Å². The lowest BCUT2D eigenvalue weighted by molar-refractivity contribution is 0.0746. The summed E-state index contributed by atoms with van der Waals surface area (Å²) in [5.41, 5.74) is 4.04. The van der Waals surface area contributed by atoms with E-state index in [-0.39, 0.29) is 11.5 Å². The smallest absolute Gasteiger partial charge is 0.253 e. The fourth-order valence-corrected chi connectivity index (χ4v) is 4.34. The third-order valence-electron chi connectivity index (χ3n) is 6.23. The molecule has 0 bridgehead atoms. The minimum absolute atomic E-state index is 0.0432. The number of aryl methyl sites for hydroxylation is 1. The van der Waals surface area contributed by atoms with Crippen molar-refractivity contribution in [3.8, 4) is 11.8 Å². The number of carbonyl (C=O) groups excluding carboxylic acids is 1. The number of nitrogens with zero attached hydrogens (tertiary/aromatic N) is 5. The van der Waals surface area contributed by atoms with Crippen molar-refractivity contribution in [2.45, 2.75) is 13.5 Å². The number of rotatable bonds is 5. The van der Waals surface area contributed by atoms with Gasteiger partial charge in [-0.2, -0.15) is 5.26 Å². The molecular formula is C27H24FN5O2. The van der Waals surface area contributed by atoms with Gasteiger partial charge in [-0.15, -0.1) is 0 Å². The van der Waals surface area contributed by atoms with Gasteiger partial charge in [-0.05, 0) is 55.0 Å². The van der Waals surface area contributed by atoms with Gasteiger partial charge in [0.15, 0.2) is 0 Å². The lowest BCUT2D eigenvalue weighted by Gasteiger charge is -2.36. The number of fused-ring (bicyclic) bond motifs is 1. The maximum absolute atomic E-state index is 14.0. The molecule has 1 aliphatic rings. The number of benzene rings is 2. The van der Waals surface area contributed by atoms with E-state index in [4.69, 9.17) is 4.74 Å². The largest absolute Gasteiger partial charge is 0.487 e. The zero-order valence-electron chi connectivity index (χ0n) is 19.3. The number of carbonyl (C=O) groups is 1. The van der Waals surface area contributed by atoms with Crippen molar-refractivity contribution in [3.63, 3.8) is 0 Å². The summed E-state index contributed by atoms with van der Waals surface area (Å²) in [6, 6.07) is 17.7. The Labute approximate surface area is 202 Å². The van der Waals surface area contributed by atoms with Gasteiger partial charge < -0.3 is 18.9 Å². The Hall–Kier alpha value is -4.38. The summed E-state index contributed by atoms with van der Waals surface area (Å²) in [6.45, 7) is 4.40. The predicted octanol–water partition coefficient (Wildman–Crippen LogP) is 4.19. The molecule has 0 unspecified atom stereocenters. The molecule has 0 spiro atoms. The molecule has 1 aliphatic heterocycles. The van der Waals surface area contributed by atoms with Crippen molar-refractivity contribution >= 4 is 17.2 Å². The molecule has 5 rings (SSSR count). The van der Waals surface area contributed by atoms with Gasteiger partial charge in [-0.25, -0.2) is 9.37 Å².